The maximum absolute atomic E-state index is 14.1. The van der Waals surface area contributed by atoms with Gasteiger partial charge in [-0.15, -0.1) is 22.7 Å². The van der Waals surface area contributed by atoms with E-state index in [0.717, 1.165) is 101 Å². The van der Waals surface area contributed by atoms with E-state index in [9.17, 15) is 59.1 Å². The van der Waals surface area contributed by atoms with E-state index >= 15 is 0 Å². The second-order valence-electron chi connectivity index (χ2n) is 39.4. The molecule has 0 aliphatic carbocycles. The zero-order valence-corrected chi connectivity index (χ0v) is 85.3. The van der Waals surface area contributed by atoms with E-state index in [1.807, 2.05) is 91.0 Å². The number of fused-ring (bicyclic) bond motifs is 2. The number of nitrogens with zero attached hydrogens (tertiary/aromatic N) is 3. The van der Waals surface area contributed by atoms with Crippen molar-refractivity contribution >= 4 is 106 Å². The summed E-state index contributed by atoms with van der Waals surface area (Å²) in [4.78, 5) is 109. The number of aliphatic hydroxyl groups excluding tert-OH is 1. The summed E-state index contributed by atoms with van der Waals surface area (Å²) >= 11 is 16.6. The van der Waals surface area contributed by atoms with Crippen molar-refractivity contribution in [2.75, 3.05) is 52.5 Å². The van der Waals surface area contributed by atoms with E-state index in [2.05, 4.69) is 107 Å². The van der Waals surface area contributed by atoms with Crippen molar-refractivity contribution in [3.8, 4) is 32.4 Å². The number of likely N-dealkylation sites (tertiary alicyclic amines) is 2. The summed E-state index contributed by atoms with van der Waals surface area (Å²) in [6, 6.07) is 84.2. The molecule has 142 heavy (non-hydrogen) atoms. The van der Waals surface area contributed by atoms with Gasteiger partial charge in [0.15, 0.2) is 19.9 Å². The monoisotopic (exact) mass is 2000 g/mol. The Balaban J connectivity index is 0.000000218. The zero-order valence-electron chi connectivity index (χ0n) is 81.2. The predicted octanol–water partition coefficient (Wildman–Crippen LogP) is 22.6. The number of phenolic OH excluding ortho intramolecular Hbond substituents is 2. The quantitative estimate of drug-likeness (QED) is 0.00783. The van der Waals surface area contributed by atoms with Crippen molar-refractivity contribution in [3.63, 3.8) is 0 Å². The largest absolute Gasteiger partial charge is 0.506 e. The standard InChI is InChI=1S/C63H72ClN3O9SSi.C52H50ClN3O7S/c1-61(2,3)75-60(72)67(40-55(76-78(7,8)62(4,5)6)49-26-29-54(69)58-50(49)27-31-57(70)65-58)39-44-22-25-51(52(64)36-44)53(68)28-23-48-24-30-56(77-48)45-18-15-21-47(37-45)63(73,46-19-13-10-14-20-46)59(71)74-41-43-32-34-66(35-33-43)38-42-16-11-9-12-17-42;53-44-28-36(30-54-31-47(59)41-18-21-46(58)50-42(41)19-23-49(60)55-50)14-17-43(44)45(57)20-15-40-16-22-48(64-40)37-10-7-13-39(29-37)52(62,38-11-5-2-6-12-38)51(61)63-33-35-24-26-56(27-25-35)32-34-8-3-1-4-9-34/h9-22,24-27,29-31,36-37,43,55,69,73H,23,28,32-35,38-41H2,1-8H3,(H,65,70);1-14,16-19,21-23,28-29,35,47,54,58-59,62H,15,20,24-27,30-33H2,(H,55,60)/t55-,63-;47-,52-/m00/s1. The number of piperidine rings is 2. The first-order valence-corrected chi connectivity index (χ1v) is 53.5. The Hall–Kier alpha value is -12.3. The number of pyridine rings is 2. The number of aromatic hydroxyl groups is 2. The lowest BCUT2D eigenvalue weighted by Gasteiger charge is -2.41. The number of ether oxygens (including phenoxy) is 3. The minimum absolute atomic E-state index is 0.0578. The number of aryl methyl sites for hydroxylation is 2. The molecule has 0 unspecified atom stereocenters. The van der Waals surface area contributed by atoms with Gasteiger partial charge in [-0.2, -0.15) is 0 Å². The number of benzene rings is 10. The van der Waals surface area contributed by atoms with E-state index in [0.29, 0.717) is 85.3 Å². The molecule has 0 radical (unpaired) electrons. The fourth-order valence-electron chi connectivity index (χ4n) is 18.0. The normalized spacial score (nSPS) is 14.9. The van der Waals surface area contributed by atoms with Gasteiger partial charge < -0.3 is 64.4 Å². The third-order valence-electron chi connectivity index (χ3n) is 26.9. The molecule has 6 heterocycles. The predicted molar refractivity (Wildman–Crippen MR) is 564 cm³/mol. The van der Waals surface area contributed by atoms with Crippen LogP contribution in [0.4, 0.5) is 4.79 Å². The Morgan fingerprint density at radius 2 is 0.915 bits per heavy atom. The molecule has 22 nitrogen and oxygen atoms in total. The van der Waals surface area contributed by atoms with Gasteiger partial charge in [0, 0.05) is 110 Å². The van der Waals surface area contributed by atoms with Crippen molar-refractivity contribution in [1.82, 2.24) is 30.0 Å². The van der Waals surface area contributed by atoms with Gasteiger partial charge in [0.25, 0.3) is 0 Å². The molecule has 2 saturated heterocycles. The molecule has 2 aliphatic heterocycles. The number of carbonyl (C=O) groups is 5. The van der Waals surface area contributed by atoms with E-state index in [-0.39, 0.29) is 113 Å². The Labute approximate surface area is 847 Å². The number of phenols is 2. The number of H-pyrrole nitrogens is 2. The lowest BCUT2D eigenvalue weighted by molar-refractivity contribution is -0.164. The summed E-state index contributed by atoms with van der Waals surface area (Å²) in [6.45, 7) is 22.7. The number of amides is 1. The van der Waals surface area contributed by atoms with Gasteiger partial charge in [0.1, 0.15) is 17.1 Å². The second-order valence-corrected chi connectivity index (χ2v) is 47.3. The van der Waals surface area contributed by atoms with Crippen molar-refractivity contribution < 1.29 is 68.1 Å². The molecule has 16 rings (SSSR count). The van der Waals surface area contributed by atoms with Crippen LogP contribution >= 0.6 is 45.9 Å². The molecular weight excluding hydrogens is 1880 g/mol. The molecule has 0 spiro atoms. The molecule has 2 aliphatic rings. The molecule has 10 aromatic carbocycles. The Morgan fingerprint density at radius 3 is 1.36 bits per heavy atom. The van der Waals surface area contributed by atoms with E-state index in [1.165, 1.54) is 46.7 Å². The van der Waals surface area contributed by atoms with Crippen molar-refractivity contribution in [2.45, 2.75) is 166 Å². The maximum Gasteiger partial charge on any atom is 0.410 e. The number of nitrogens with one attached hydrogen (secondary N) is 3. The molecule has 4 atom stereocenters. The van der Waals surface area contributed by atoms with Gasteiger partial charge in [-0.3, -0.25) is 29.0 Å². The highest BCUT2D eigenvalue weighted by atomic mass is 35.5. The summed E-state index contributed by atoms with van der Waals surface area (Å²) < 4.78 is 25.0. The van der Waals surface area contributed by atoms with Crippen LogP contribution in [-0.4, -0.2) is 146 Å². The lowest BCUT2D eigenvalue weighted by atomic mass is 9.85. The first-order valence-electron chi connectivity index (χ1n) is 48.2. The average Bonchev–Trinajstić information content (AvgIpc) is 0.894. The molecule has 14 aromatic rings. The van der Waals surface area contributed by atoms with Crippen LogP contribution in [0.15, 0.2) is 289 Å². The number of aromatic nitrogens is 2. The van der Waals surface area contributed by atoms with Crippen LogP contribution in [0, 0.1) is 11.8 Å². The minimum Gasteiger partial charge on any atom is -0.506 e. The smallest absolute Gasteiger partial charge is 0.410 e. The topological polar surface area (TPSA) is 311 Å². The van der Waals surface area contributed by atoms with Crippen LogP contribution in [0.3, 0.4) is 0 Å². The number of aromatic amines is 2. The van der Waals surface area contributed by atoms with Crippen LogP contribution in [0.1, 0.15) is 178 Å². The molecule has 2 fully saturated rings. The highest BCUT2D eigenvalue weighted by Crippen LogP contribution is 2.45. The van der Waals surface area contributed by atoms with Gasteiger partial charge >= 0.3 is 18.0 Å². The van der Waals surface area contributed by atoms with E-state index in [1.54, 1.807) is 152 Å². The van der Waals surface area contributed by atoms with Crippen LogP contribution < -0.4 is 16.4 Å². The number of aliphatic hydroxyl groups is 3. The van der Waals surface area contributed by atoms with E-state index < -0.39 is 55.4 Å². The van der Waals surface area contributed by atoms with Crippen LogP contribution in [-0.2, 0) is 78.4 Å². The van der Waals surface area contributed by atoms with Gasteiger partial charge in [-0.25, -0.2) is 14.4 Å². The fraction of sp³-hybridized carbons (Fsp3) is 0.313. The van der Waals surface area contributed by atoms with Crippen molar-refractivity contribution in [1.29, 1.82) is 0 Å². The summed E-state index contributed by atoms with van der Waals surface area (Å²) in [5.41, 5.74) is 4.36. The second kappa shape index (κ2) is 46.4. The van der Waals surface area contributed by atoms with Crippen molar-refractivity contribution in [2.24, 2.45) is 11.8 Å². The van der Waals surface area contributed by atoms with E-state index in [4.69, 9.17) is 41.8 Å². The summed E-state index contributed by atoms with van der Waals surface area (Å²) in [7, 11) is -2.52. The minimum atomic E-state index is -2.52. The fourth-order valence-corrected chi connectivity index (χ4v) is 21.8. The number of ketones is 2. The number of rotatable bonds is 36. The summed E-state index contributed by atoms with van der Waals surface area (Å²) in [5.74, 6) is -1.40. The summed E-state index contributed by atoms with van der Waals surface area (Å²) in [5, 5.41) is 61.4. The number of Topliss-reactive ketones (excluding diaryl/α,β-unsaturated/α-hetero) is 2. The van der Waals surface area contributed by atoms with Gasteiger partial charge in [-0.1, -0.05) is 226 Å². The summed E-state index contributed by atoms with van der Waals surface area (Å²) in [6.07, 6.45) is 2.82. The number of thiophene rings is 2. The number of esters is 2. The molecule has 27 heteroatoms. The SMILES string of the molecule is CC(C)(C)OC(=O)N(Cc1ccc(C(=O)CCc2ccc(-c3cccc([C@](O)(C(=O)OCC4CCN(Cc5ccccc5)CC4)c4ccccc4)c3)s2)c(Cl)c1)C[C@H](O[Si](C)(C)C(C)(C)C)c1ccc(O)c2[nH]c(=O)ccc12.O=C(CCc1ccc(-c2cccc([C@](O)(C(=O)OCC3CCN(Cc4ccccc4)CC3)c3ccccc3)c2)s1)c1ccc(CNC[C@H](O)c2ccc(O)c3[nH]c(=O)ccc23)cc1Cl. The Kier molecular flexibility index (Phi) is 34.0. The molecule has 738 valence electrons. The Bertz CT molecular complexity index is 6890. The number of carbonyl (C=O) groups excluding carboxylic acids is 5. The zero-order chi connectivity index (χ0) is 101. The molecule has 0 bridgehead atoms. The van der Waals surface area contributed by atoms with Gasteiger partial charge in [0.05, 0.1) is 53.0 Å². The van der Waals surface area contributed by atoms with Gasteiger partial charge in [0.2, 0.25) is 22.3 Å². The first kappa shape index (κ1) is 104. The van der Waals surface area contributed by atoms with Crippen LogP contribution in [0.5, 0.6) is 11.5 Å². The maximum atomic E-state index is 14.1. The lowest BCUT2D eigenvalue weighted by Crippen LogP contribution is -2.45. The molecule has 1 amide bonds. The van der Waals surface area contributed by atoms with Crippen molar-refractivity contribution in [3.05, 3.63) is 386 Å². The third-order valence-corrected chi connectivity index (χ3v) is 34.4. The first-order chi connectivity index (χ1) is 68.0. The van der Waals surface area contributed by atoms with Gasteiger partial charge in [-0.05, 0) is 256 Å². The number of hydrogen-bond donors (Lipinski definition) is 8. The Morgan fingerprint density at radius 1 is 0.493 bits per heavy atom. The highest BCUT2D eigenvalue weighted by Gasteiger charge is 2.46. The molecule has 4 aromatic heterocycles. The average molecular weight is 2010 g/mol. The van der Waals surface area contributed by atoms with Crippen LogP contribution in [0.2, 0.25) is 28.2 Å². The number of halogens is 2. The number of hydrogen-bond acceptors (Lipinski definition) is 21. The molecular formula is C115H122Cl2N6O16S2Si. The highest BCUT2D eigenvalue weighted by molar-refractivity contribution is 7.15. The van der Waals surface area contributed by atoms with Crippen LogP contribution in [0.25, 0.3) is 42.7 Å². The molecule has 8 N–H and O–H groups in total. The third kappa shape index (κ3) is 26.0. The molecule has 0 saturated carbocycles.